The monoisotopic (exact) mass is 317 g/mol. The van der Waals surface area contributed by atoms with E-state index in [1.165, 1.54) is 4.90 Å². The molecule has 2 unspecified atom stereocenters. The molecule has 0 radical (unpaired) electrons. The zero-order chi connectivity index (χ0) is 16.4. The van der Waals surface area contributed by atoms with Crippen molar-refractivity contribution in [1.29, 1.82) is 0 Å². The molecule has 1 amide bonds. The lowest BCUT2D eigenvalue weighted by Gasteiger charge is -2.22. The Morgan fingerprint density at radius 3 is 2.65 bits per heavy atom. The van der Waals surface area contributed by atoms with Crippen molar-refractivity contribution in [3.8, 4) is 0 Å². The topological polar surface area (TPSA) is 72.9 Å². The molecular formula is C17H19NO5. The van der Waals surface area contributed by atoms with Crippen LogP contribution in [0.2, 0.25) is 0 Å². The largest absolute Gasteiger partial charge is 0.466 e. The van der Waals surface area contributed by atoms with Crippen molar-refractivity contribution < 1.29 is 23.9 Å². The van der Waals surface area contributed by atoms with Gasteiger partial charge in [-0.1, -0.05) is 30.3 Å². The van der Waals surface area contributed by atoms with E-state index >= 15 is 0 Å². The highest BCUT2D eigenvalue weighted by Gasteiger charge is 2.56. The molecule has 2 heterocycles. The van der Waals surface area contributed by atoms with Crippen LogP contribution in [0.15, 0.2) is 30.3 Å². The van der Waals surface area contributed by atoms with Crippen LogP contribution in [0.5, 0.6) is 0 Å². The molecule has 6 heteroatoms. The van der Waals surface area contributed by atoms with Crippen LogP contribution in [0, 0.1) is 5.92 Å². The predicted octanol–water partition coefficient (Wildman–Crippen LogP) is 1.92. The van der Waals surface area contributed by atoms with Gasteiger partial charge in [0.2, 0.25) is 0 Å². The Hall–Kier alpha value is -2.37. The molecule has 1 aromatic rings. The highest BCUT2D eigenvalue weighted by molar-refractivity contribution is 5.95. The molecular weight excluding hydrogens is 298 g/mol. The van der Waals surface area contributed by atoms with Gasteiger partial charge in [-0.05, 0) is 18.9 Å². The maximum atomic E-state index is 12.4. The van der Waals surface area contributed by atoms with Gasteiger partial charge in [0.05, 0.1) is 24.6 Å². The van der Waals surface area contributed by atoms with Crippen LogP contribution in [0.1, 0.15) is 25.3 Å². The predicted molar refractivity (Wildman–Crippen MR) is 80.4 cm³/mol. The molecule has 3 rings (SSSR count). The number of benzene rings is 1. The second-order valence-corrected chi connectivity index (χ2v) is 5.80. The molecule has 0 N–H and O–H groups in total. The summed E-state index contributed by atoms with van der Waals surface area (Å²) in [6, 6.07) is 8.34. The Balaban J connectivity index is 1.66. The molecule has 2 fully saturated rings. The van der Waals surface area contributed by atoms with Crippen LogP contribution in [0.25, 0.3) is 0 Å². The molecule has 2 aliphatic heterocycles. The van der Waals surface area contributed by atoms with Gasteiger partial charge < -0.3 is 9.47 Å². The van der Waals surface area contributed by atoms with E-state index in [2.05, 4.69) is 0 Å². The smallest absolute Gasteiger partial charge is 0.411 e. The van der Waals surface area contributed by atoms with E-state index in [1.54, 1.807) is 6.92 Å². The molecule has 2 aliphatic rings. The summed E-state index contributed by atoms with van der Waals surface area (Å²) in [7, 11) is 0. The lowest BCUT2D eigenvalue weighted by Crippen LogP contribution is -2.38. The minimum Gasteiger partial charge on any atom is -0.466 e. The van der Waals surface area contributed by atoms with Gasteiger partial charge in [0.25, 0.3) is 0 Å². The fraction of sp³-hybridized carbons (Fsp3) is 0.471. The van der Waals surface area contributed by atoms with Crippen molar-refractivity contribution in [2.45, 2.75) is 38.5 Å². The first-order valence-electron chi connectivity index (χ1n) is 7.80. The van der Waals surface area contributed by atoms with Gasteiger partial charge in [-0.2, -0.15) is 0 Å². The van der Waals surface area contributed by atoms with E-state index in [0.717, 1.165) is 5.56 Å². The number of Topliss-reactive ketones (excluding diaryl/α,β-unsaturated/α-hetero) is 1. The van der Waals surface area contributed by atoms with Gasteiger partial charge in [-0.15, -0.1) is 0 Å². The maximum Gasteiger partial charge on any atom is 0.411 e. The molecule has 122 valence electrons. The summed E-state index contributed by atoms with van der Waals surface area (Å²) in [5.41, 5.74) is 0.876. The quantitative estimate of drug-likeness (QED) is 0.793. The lowest BCUT2D eigenvalue weighted by molar-refractivity contribution is -0.149. The van der Waals surface area contributed by atoms with E-state index in [-0.39, 0.29) is 24.8 Å². The number of hydrogen-bond donors (Lipinski definition) is 0. The first-order chi connectivity index (χ1) is 11.1. The Morgan fingerprint density at radius 2 is 1.96 bits per heavy atom. The molecule has 2 saturated heterocycles. The molecule has 6 nitrogen and oxygen atoms in total. The normalized spacial score (nSPS) is 25.5. The van der Waals surface area contributed by atoms with Gasteiger partial charge in [0.1, 0.15) is 6.61 Å². The highest BCUT2D eigenvalue weighted by Crippen LogP contribution is 2.40. The molecule has 0 spiro atoms. The molecule has 2 bridgehead atoms. The Kier molecular flexibility index (Phi) is 4.32. The third-order valence-corrected chi connectivity index (χ3v) is 4.42. The number of fused-ring (bicyclic) bond motifs is 2. The average Bonchev–Trinajstić information content (AvgIpc) is 3.08. The minimum atomic E-state index is -0.558. The van der Waals surface area contributed by atoms with Crippen LogP contribution in [-0.4, -0.2) is 41.4 Å². The molecule has 0 aromatic heterocycles. The second kappa shape index (κ2) is 6.40. The van der Waals surface area contributed by atoms with Crippen molar-refractivity contribution in [2.75, 3.05) is 6.61 Å². The Bertz CT molecular complexity index is 615. The van der Waals surface area contributed by atoms with Crippen molar-refractivity contribution in [3.63, 3.8) is 0 Å². The zero-order valence-electron chi connectivity index (χ0n) is 12.9. The molecule has 3 atom stereocenters. The number of hydrogen-bond acceptors (Lipinski definition) is 5. The van der Waals surface area contributed by atoms with Gasteiger partial charge in [-0.3, -0.25) is 14.5 Å². The van der Waals surface area contributed by atoms with Crippen LogP contribution >= 0.6 is 0 Å². The van der Waals surface area contributed by atoms with Crippen LogP contribution in [0.3, 0.4) is 0 Å². The summed E-state index contributed by atoms with van der Waals surface area (Å²) in [4.78, 5) is 37.7. The van der Waals surface area contributed by atoms with Crippen molar-refractivity contribution in [2.24, 2.45) is 5.92 Å². The highest BCUT2D eigenvalue weighted by atomic mass is 16.6. The Morgan fingerprint density at radius 1 is 1.22 bits per heavy atom. The standard InChI is InChI=1S/C17H19NO5/c1-2-22-16(20)12-8-14-15(19)9-13(12)18(14)17(21)23-10-11-6-4-3-5-7-11/h3-7,12-14H,2,8-10H2,1H3/t12-,13?,14?/m1/s1. The summed E-state index contributed by atoms with van der Waals surface area (Å²) in [6.45, 7) is 2.18. The first kappa shape index (κ1) is 15.5. The van der Waals surface area contributed by atoms with E-state index in [1.807, 2.05) is 30.3 Å². The maximum absolute atomic E-state index is 12.4. The number of ether oxygens (including phenoxy) is 2. The van der Waals surface area contributed by atoms with Crippen LogP contribution < -0.4 is 0 Å². The molecule has 0 saturated carbocycles. The fourth-order valence-electron chi connectivity index (χ4n) is 3.36. The van der Waals surface area contributed by atoms with E-state index in [9.17, 15) is 14.4 Å². The molecule has 0 aliphatic carbocycles. The summed E-state index contributed by atoms with van der Waals surface area (Å²) in [5, 5.41) is 0. The van der Waals surface area contributed by atoms with Crippen molar-refractivity contribution >= 4 is 17.8 Å². The van der Waals surface area contributed by atoms with Gasteiger partial charge in [-0.25, -0.2) is 4.79 Å². The minimum absolute atomic E-state index is 0.00721. The third-order valence-electron chi connectivity index (χ3n) is 4.42. The van der Waals surface area contributed by atoms with Gasteiger partial charge in [0, 0.05) is 6.42 Å². The Labute approximate surface area is 134 Å². The summed E-state index contributed by atoms with van der Waals surface area (Å²) in [5.74, 6) is -0.775. The SMILES string of the molecule is CCOC(=O)[C@@H]1CC2C(=O)CC1N2C(=O)OCc1ccccc1. The van der Waals surface area contributed by atoms with Gasteiger partial charge in [0.15, 0.2) is 5.78 Å². The van der Waals surface area contributed by atoms with Gasteiger partial charge >= 0.3 is 12.1 Å². The summed E-state index contributed by atoms with van der Waals surface area (Å²) in [6.07, 6.45) is -0.00123. The molecule has 23 heavy (non-hydrogen) atoms. The third kappa shape index (κ3) is 2.93. The summed E-state index contributed by atoms with van der Waals surface area (Å²) >= 11 is 0. The van der Waals surface area contributed by atoms with E-state index < -0.39 is 24.1 Å². The number of carbonyl (C=O) groups is 3. The number of nitrogens with zero attached hydrogens (tertiary/aromatic N) is 1. The summed E-state index contributed by atoms with van der Waals surface area (Å²) < 4.78 is 10.4. The zero-order valence-corrected chi connectivity index (χ0v) is 12.9. The van der Waals surface area contributed by atoms with Crippen molar-refractivity contribution in [3.05, 3.63) is 35.9 Å². The number of rotatable bonds is 4. The number of ketones is 1. The van der Waals surface area contributed by atoms with E-state index in [0.29, 0.717) is 13.0 Å². The number of carbonyl (C=O) groups excluding carboxylic acids is 3. The number of esters is 1. The average molecular weight is 317 g/mol. The lowest BCUT2D eigenvalue weighted by atomic mass is 9.88. The molecule has 1 aromatic carbocycles. The first-order valence-corrected chi connectivity index (χ1v) is 7.80. The number of amides is 1. The van der Waals surface area contributed by atoms with Crippen molar-refractivity contribution in [1.82, 2.24) is 4.90 Å². The second-order valence-electron chi connectivity index (χ2n) is 5.80. The van der Waals surface area contributed by atoms with Crippen LogP contribution in [-0.2, 0) is 25.7 Å². The fourth-order valence-corrected chi connectivity index (χ4v) is 3.36. The van der Waals surface area contributed by atoms with E-state index in [4.69, 9.17) is 9.47 Å². The van der Waals surface area contributed by atoms with Crippen LogP contribution in [0.4, 0.5) is 4.79 Å².